The van der Waals surface area contributed by atoms with Crippen LogP contribution in [-0.2, 0) is 20.9 Å². The van der Waals surface area contributed by atoms with Gasteiger partial charge in [0.1, 0.15) is 0 Å². The van der Waals surface area contributed by atoms with E-state index in [1.54, 1.807) is 7.11 Å². The molecule has 2 saturated carbocycles. The number of methoxy groups -OCH3 is 1. The van der Waals surface area contributed by atoms with Crippen LogP contribution >= 0.6 is 0 Å². The van der Waals surface area contributed by atoms with E-state index in [1.165, 1.54) is 25.2 Å². The molecule has 1 N–H and O–H groups in total. The van der Waals surface area contributed by atoms with E-state index in [-0.39, 0.29) is 17.3 Å². The molecule has 2 fully saturated rings. The first-order valence-electron chi connectivity index (χ1n) is 10.2. The molecule has 5 atom stereocenters. The highest BCUT2D eigenvalue weighted by atomic mass is 32.2. The Balaban J connectivity index is 1.62. The number of phenolic OH excluding ortho intramolecular Hbond substituents is 1. The van der Waals surface area contributed by atoms with E-state index < -0.39 is 10.3 Å². The first-order valence-corrected chi connectivity index (χ1v) is 11.5. The Hall–Kier alpha value is -1.31. The molecule has 0 radical (unpaired) electrons. The maximum Gasteiger partial charge on any atom is 0.338 e. The Morgan fingerprint density at radius 1 is 1.18 bits per heavy atom. The van der Waals surface area contributed by atoms with Crippen LogP contribution in [0.4, 0.5) is 0 Å². The SMILES string of the molecule is COc1cc2c(cc1O)CC[C@@H]1[C@@H]2CC[C@]2(C)[C@@H](OS(=O)(=O)N(C)C)CC[C@@H]12. The highest BCUT2D eigenvalue weighted by molar-refractivity contribution is 7.84. The van der Waals surface area contributed by atoms with Crippen LogP contribution in [-0.4, -0.2) is 45.1 Å². The largest absolute Gasteiger partial charge is 0.504 e. The van der Waals surface area contributed by atoms with Crippen molar-refractivity contribution < 1.29 is 22.4 Å². The molecule has 28 heavy (non-hydrogen) atoms. The van der Waals surface area contributed by atoms with Gasteiger partial charge in [0.2, 0.25) is 0 Å². The van der Waals surface area contributed by atoms with Gasteiger partial charge < -0.3 is 9.84 Å². The molecule has 3 aliphatic rings. The van der Waals surface area contributed by atoms with Gasteiger partial charge in [0.25, 0.3) is 0 Å². The first-order chi connectivity index (χ1) is 13.2. The van der Waals surface area contributed by atoms with Gasteiger partial charge in [0.15, 0.2) is 11.5 Å². The molecular formula is C21H31NO5S. The second-order valence-electron chi connectivity index (χ2n) is 9.09. The molecule has 7 heteroatoms. The number of aryl methyl sites for hydroxylation is 1. The van der Waals surface area contributed by atoms with Crippen LogP contribution in [0.3, 0.4) is 0 Å². The number of rotatable bonds is 4. The summed E-state index contributed by atoms with van der Waals surface area (Å²) >= 11 is 0. The molecule has 1 aromatic rings. The minimum absolute atomic E-state index is 0.108. The van der Waals surface area contributed by atoms with Gasteiger partial charge in [-0.15, -0.1) is 0 Å². The average Bonchev–Trinajstić information content (AvgIpc) is 2.96. The molecule has 4 rings (SSSR count). The summed E-state index contributed by atoms with van der Waals surface area (Å²) in [7, 11) is 0.946. The third-order valence-corrected chi connectivity index (χ3v) is 8.99. The number of phenols is 1. The summed E-state index contributed by atoms with van der Waals surface area (Å²) in [5.74, 6) is 2.18. The van der Waals surface area contributed by atoms with Crippen LogP contribution in [0.2, 0.25) is 0 Å². The molecule has 1 aromatic carbocycles. The Morgan fingerprint density at radius 2 is 1.93 bits per heavy atom. The lowest BCUT2D eigenvalue weighted by Gasteiger charge is -2.50. The van der Waals surface area contributed by atoms with Gasteiger partial charge in [-0.1, -0.05) is 6.92 Å². The molecule has 0 spiro atoms. The number of nitrogens with zero attached hydrogens (tertiary/aromatic N) is 1. The van der Waals surface area contributed by atoms with E-state index in [0.29, 0.717) is 23.5 Å². The monoisotopic (exact) mass is 409 g/mol. The van der Waals surface area contributed by atoms with Crippen molar-refractivity contribution in [2.24, 2.45) is 17.3 Å². The van der Waals surface area contributed by atoms with Gasteiger partial charge in [-0.05, 0) is 85.0 Å². The number of hydrogen-bond donors (Lipinski definition) is 1. The van der Waals surface area contributed by atoms with E-state index in [4.69, 9.17) is 8.92 Å². The van der Waals surface area contributed by atoms with E-state index in [9.17, 15) is 13.5 Å². The number of benzene rings is 1. The van der Waals surface area contributed by atoms with Gasteiger partial charge in [-0.2, -0.15) is 12.7 Å². The third kappa shape index (κ3) is 3.02. The van der Waals surface area contributed by atoms with Crippen LogP contribution in [0.15, 0.2) is 12.1 Å². The lowest BCUT2D eigenvalue weighted by atomic mass is 9.55. The predicted molar refractivity (Wildman–Crippen MR) is 107 cm³/mol. The van der Waals surface area contributed by atoms with Crippen molar-refractivity contribution in [3.8, 4) is 11.5 Å². The molecule has 156 valence electrons. The minimum Gasteiger partial charge on any atom is -0.504 e. The topological polar surface area (TPSA) is 76.1 Å². The van der Waals surface area contributed by atoms with Crippen LogP contribution in [0, 0.1) is 17.3 Å². The van der Waals surface area contributed by atoms with Crippen molar-refractivity contribution in [3.63, 3.8) is 0 Å². The van der Waals surface area contributed by atoms with E-state index in [1.807, 2.05) is 12.1 Å². The second kappa shape index (κ2) is 6.89. The van der Waals surface area contributed by atoms with Gasteiger partial charge in [-0.25, -0.2) is 0 Å². The summed E-state index contributed by atoms with van der Waals surface area (Å²) in [5.41, 5.74) is 2.42. The number of hydrogen-bond acceptors (Lipinski definition) is 5. The van der Waals surface area contributed by atoms with Crippen LogP contribution < -0.4 is 4.74 Å². The van der Waals surface area contributed by atoms with Gasteiger partial charge >= 0.3 is 10.3 Å². The van der Waals surface area contributed by atoms with Crippen LogP contribution in [0.5, 0.6) is 11.5 Å². The molecule has 0 bridgehead atoms. The lowest BCUT2D eigenvalue weighted by Crippen LogP contribution is -2.46. The zero-order valence-corrected chi connectivity index (χ0v) is 18.0. The summed E-state index contributed by atoms with van der Waals surface area (Å²) in [6, 6.07) is 3.88. The van der Waals surface area contributed by atoms with E-state index in [2.05, 4.69) is 6.92 Å². The van der Waals surface area contributed by atoms with Gasteiger partial charge in [0, 0.05) is 14.1 Å². The Bertz CT molecular complexity index is 868. The smallest absolute Gasteiger partial charge is 0.338 e. The number of fused-ring (bicyclic) bond motifs is 5. The van der Waals surface area contributed by atoms with Crippen molar-refractivity contribution in [1.82, 2.24) is 4.31 Å². The lowest BCUT2D eigenvalue weighted by molar-refractivity contribution is -0.0103. The highest BCUT2D eigenvalue weighted by Gasteiger charge is 2.56. The molecular weight excluding hydrogens is 378 g/mol. The summed E-state index contributed by atoms with van der Waals surface area (Å²) in [6.07, 6.45) is 5.55. The van der Waals surface area contributed by atoms with Gasteiger partial charge in [-0.3, -0.25) is 4.18 Å². The van der Waals surface area contributed by atoms with Crippen molar-refractivity contribution in [2.45, 2.75) is 57.5 Å². The maximum absolute atomic E-state index is 12.3. The first kappa shape index (κ1) is 20.0. The molecule has 0 aliphatic heterocycles. The molecule has 6 nitrogen and oxygen atoms in total. The maximum atomic E-state index is 12.3. The molecule has 0 saturated heterocycles. The molecule has 0 amide bonds. The fourth-order valence-corrected chi connectivity index (χ4v) is 6.88. The van der Waals surface area contributed by atoms with Gasteiger partial charge in [0.05, 0.1) is 13.2 Å². The Kier molecular flexibility index (Phi) is 4.91. The quantitative estimate of drug-likeness (QED) is 0.824. The summed E-state index contributed by atoms with van der Waals surface area (Å²) in [5, 5.41) is 10.1. The molecule has 3 aliphatic carbocycles. The normalized spacial score (nSPS) is 34.6. The predicted octanol–water partition coefficient (Wildman–Crippen LogP) is 3.45. The van der Waals surface area contributed by atoms with E-state index >= 15 is 0 Å². The summed E-state index contributed by atoms with van der Waals surface area (Å²) in [6.45, 7) is 2.23. The minimum atomic E-state index is -3.67. The summed E-state index contributed by atoms with van der Waals surface area (Å²) < 4.78 is 36.8. The second-order valence-corrected chi connectivity index (χ2v) is 10.9. The third-order valence-electron chi connectivity index (χ3n) is 7.62. The Morgan fingerprint density at radius 3 is 2.61 bits per heavy atom. The van der Waals surface area contributed by atoms with Crippen molar-refractivity contribution in [3.05, 3.63) is 23.3 Å². The highest BCUT2D eigenvalue weighted by Crippen LogP contribution is 2.62. The zero-order chi connectivity index (χ0) is 20.3. The number of aromatic hydroxyl groups is 1. The van der Waals surface area contributed by atoms with Crippen molar-refractivity contribution in [1.29, 1.82) is 0 Å². The molecule has 0 heterocycles. The molecule has 0 aromatic heterocycles. The number of ether oxygens (including phenoxy) is 1. The van der Waals surface area contributed by atoms with Crippen molar-refractivity contribution >= 4 is 10.3 Å². The molecule has 0 unspecified atom stereocenters. The van der Waals surface area contributed by atoms with Crippen LogP contribution in [0.25, 0.3) is 0 Å². The summed E-state index contributed by atoms with van der Waals surface area (Å²) in [4.78, 5) is 0. The fourth-order valence-electron chi connectivity index (χ4n) is 6.09. The average molecular weight is 410 g/mol. The fraction of sp³-hybridized carbons (Fsp3) is 0.714. The standard InChI is InChI=1S/C21H31NO5S/c1-21-10-9-14-15(6-5-13-11-18(23)19(26-4)12-16(13)14)17(21)7-8-20(21)27-28(24,25)22(2)3/h11-12,14-15,17,20,23H,5-10H2,1-4H3/t14-,15+,17-,20-,21-/m0/s1. The Labute approximate surface area is 168 Å². The zero-order valence-electron chi connectivity index (χ0n) is 17.1. The van der Waals surface area contributed by atoms with Crippen LogP contribution in [0.1, 0.15) is 56.1 Å². The van der Waals surface area contributed by atoms with E-state index in [0.717, 1.165) is 42.8 Å². The van der Waals surface area contributed by atoms with Crippen molar-refractivity contribution in [2.75, 3.05) is 21.2 Å².